The van der Waals surface area contributed by atoms with Crippen LogP contribution in [0, 0.1) is 0 Å². The number of nitrogens with zero attached hydrogens (tertiary/aromatic N) is 2. The number of rotatable bonds is 12. The van der Waals surface area contributed by atoms with Gasteiger partial charge in [-0.15, -0.1) is 0 Å². The molecule has 0 aliphatic rings. The first-order chi connectivity index (χ1) is 14.8. The van der Waals surface area contributed by atoms with Gasteiger partial charge in [-0.3, -0.25) is 14.6 Å². The maximum absolute atomic E-state index is 9.64. The van der Waals surface area contributed by atoms with Gasteiger partial charge in [-0.1, -0.05) is 18.5 Å². The van der Waals surface area contributed by atoms with Gasteiger partial charge in [-0.2, -0.15) is 0 Å². The van der Waals surface area contributed by atoms with Crippen LogP contribution in [0.25, 0.3) is 10.9 Å². The van der Waals surface area contributed by atoms with Crippen LogP contribution >= 0.6 is 11.6 Å². The molecule has 1 unspecified atom stereocenters. The van der Waals surface area contributed by atoms with Crippen molar-refractivity contribution in [3.05, 3.63) is 35.5 Å². The maximum Gasteiger partial charge on any atom is 0.303 e. The second-order valence-electron chi connectivity index (χ2n) is 7.15. The minimum absolute atomic E-state index is 0.229. The van der Waals surface area contributed by atoms with E-state index in [2.05, 4.69) is 29.0 Å². The molecule has 1 aromatic carbocycles. The SMILES string of the molecule is CCN(CCO)CCCC(C)Nc1ccnc2cc(Cl)ccc12.O=C(O)CCC(=O)O. The Kier molecular flexibility index (Phi) is 12.5. The van der Waals surface area contributed by atoms with Crippen molar-refractivity contribution in [3.8, 4) is 0 Å². The summed E-state index contributed by atoms with van der Waals surface area (Å²) in [7, 11) is 0. The highest BCUT2D eigenvalue weighted by Gasteiger charge is 2.08. The molecule has 0 saturated carbocycles. The minimum atomic E-state index is -1.08. The summed E-state index contributed by atoms with van der Waals surface area (Å²) in [5, 5.41) is 30.2. The largest absolute Gasteiger partial charge is 0.481 e. The van der Waals surface area contributed by atoms with Gasteiger partial charge in [0.2, 0.25) is 0 Å². The molecule has 0 fully saturated rings. The van der Waals surface area contributed by atoms with Gasteiger partial charge in [0.15, 0.2) is 0 Å². The molecule has 4 N–H and O–H groups in total. The van der Waals surface area contributed by atoms with E-state index >= 15 is 0 Å². The first-order valence-electron chi connectivity index (χ1n) is 10.3. The van der Waals surface area contributed by atoms with Crippen molar-refractivity contribution in [3.63, 3.8) is 0 Å². The van der Waals surface area contributed by atoms with Crippen LogP contribution in [0.1, 0.15) is 39.5 Å². The van der Waals surface area contributed by atoms with Crippen LogP contribution in [0.5, 0.6) is 0 Å². The number of hydrogen-bond donors (Lipinski definition) is 4. The number of carboxylic acids is 2. The Morgan fingerprint density at radius 2 is 1.84 bits per heavy atom. The smallest absolute Gasteiger partial charge is 0.303 e. The van der Waals surface area contributed by atoms with E-state index in [1.807, 2.05) is 30.5 Å². The molecule has 0 aliphatic carbocycles. The number of aliphatic hydroxyl groups excluding tert-OH is 1. The van der Waals surface area contributed by atoms with Gasteiger partial charge >= 0.3 is 11.9 Å². The number of carboxylic acid groups (broad SMARTS) is 2. The van der Waals surface area contributed by atoms with E-state index in [1.54, 1.807) is 0 Å². The maximum atomic E-state index is 9.64. The highest BCUT2D eigenvalue weighted by atomic mass is 35.5. The standard InChI is InChI=1S/C18H26ClN3O.C4H6O4/c1-3-22(11-12-23)10-4-5-14(2)21-17-8-9-20-18-13-15(19)6-7-16(17)18;5-3(6)1-2-4(7)8/h6-9,13-14,23H,3-5,10-12H2,1-2H3,(H,20,21);1-2H2,(H,5,6)(H,7,8). The fourth-order valence-corrected chi connectivity index (χ4v) is 3.16. The normalized spacial score (nSPS) is 11.6. The molecule has 172 valence electrons. The van der Waals surface area contributed by atoms with Crippen LogP contribution in [0.3, 0.4) is 0 Å². The summed E-state index contributed by atoms with van der Waals surface area (Å²) < 4.78 is 0. The molecule has 31 heavy (non-hydrogen) atoms. The van der Waals surface area contributed by atoms with Crippen LogP contribution in [0.2, 0.25) is 5.02 Å². The average molecular weight is 454 g/mol. The zero-order chi connectivity index (χ0) is 23.2. The summed E-state index contributed by atoms with van der Waals surface area (Å²) in [5.41, 5.74) is 2.01. The minimum Gasteiger partial charge on any atom is -0.481 e. The molecular weight excluding hydrogens is 422 g/mol. The van der Waals surface area contributed by atoms with E-state index in [9.17, 15) is 9.59 Å². The number of carbonyl (C=O) groups is 2. The van der Waals surface area contributed by atoms with Crippen molar-refractivity contribution in [2.75, 3.05) is 31.6 Å². The number of aliphatic hydroxyl groups is 1. The van der Waals surface area contributed by atoms with Gasteiger partial charge in [0, 0.05) is 34.9 Å². The molecule has 0 amide bonds. The molecule has 2 aromatic rings. The Bertz CT molecular complexity index is 820. The third-order valence-electron chi connectivity index (χ3n) is 4.63. The lowest BCUT2D eigenvalue weighted by Crippen LogP contribution is -2.28. The van der Waals surface area contributed by atoms with Gasteiger partial charge in [0.05, 0.1) is 25.0 Å². The number of fused-ring (bicyclic) bond motifs is 1. The molecule has 0 saturated heterocycles. The monoisotopic (exact) mass is 453 g/mol. The molecule has 8 nitrogen and oxygen atoms in total. The summed E-state index contributed by atoms with van der Waals surface area (Å²) >= 11 is 6.03. The summed E-state index contributed by atoms with van der Waals surface area (Å²) in [6, 6.07) is 8.19. The second-order valence-corrected chi connectivity index (χ2v) is 7.59. The number of aliphatic carboxylic acids is 2. The Balaban J connectivity index is 0.000000512. The molecule has 9 heteroatoms. The Labute approximate surface area is 187 Å². The number of hydrogen-bond acceptors (Lipinski definition) is 6. The number of nitrogens with one attached hydrogen (secondary N) is 1. The predicted octanol–water partition coefficient (Wildman–Crippen LogP) is 3.72. The number of likely N-dealkylation sites (N-methyl/N-ethyl adjacent to an activating group) is 1. The van der Waals surface area contributed by atoms with Gasteiger partial charge in [0.25, 0.3) is 0 Å². The summed E-state index contributed by atoms with van der Waals surface area (Å²) in [4.78, 5) is 25.9. The topological polar surface area (TPSA) is 123 Å². The van der Waals surface area contributed by atoms with Crippen LogP contribution < -0.4 is 5.32 Å². The molecular formula is C22H32ClN3O5. The lowest BCUT2D eigenvalue weighted by molar-refractivity contribution is -0.143. The van der Waals surface area contributed by atoms with Crippen molar-refractivity contribution < 1.29 is 24.9 Å². The van der Waals surface area contributed by atoms with E-state index in [4.69, 9.17) is 26.9 Å². The van der Waals surface area contributed by atoms with Gasteiger partial charge < -0.3 is 25.5 Å². The lowest BCUT2D eigenvalue weighted by atomic mass is 10.1. The highest BCUT2D eigenvalue weighted by Crippen LogP contribution is 2.25. The van der Waals surface area contributed by atoms with Crippen LogP contribution in [0.4, 0.5) is 5.69 Å². The molecule has 0 radical (unpaired) electrons. The van der Waals surface area contributed by atoms with Crippen molar-refractivity contribution in [2.24, 2.45) is 0 Å². The van der Waals surface area contributed by atoms with E-state index in [1.165, 1.54) is 0 Å². The van der Waals surface area contributed by atoms with Gasteiger partial charge in [-0.25, -0.2) is 0 Å². The number of benzene rings is 1. The predicted molar refractivity (Wildman–Crippen MR) is 123 cm³/mol. The fourth-order valence-electron chi connectivity index (χ4n) is 2.99. The van der Waals surface area contributed by atoms with Gasteiger partial charge in [0.1, 0.15) is 0 Å². The lowest BCUT2D eigenvalue weighted by Gasteiger charge is -2.21. The average Bonchev–Trinajstić information content (AvgIpc) is 2.72. The Morgan fingerprint density at radius 1 is 1.16 bits per heavy atom. The number of anilines is 1. The molecule has 0 bridgehead atoms. The molecule has 0 aliphatic heterocycles. The zero-order valence-corrected chi connectivity index (χ0v) is 18.8. The van der Waals surface area contributed by atoms with Crippen molar-refractivity contribution >= 4 is 40.1 Å². The van der Waals surface area contributed by atoms with Crippen LogP contribution in [-0.2, 0) is 9.59 Å². The van der Waals surface area contributed by atoms with E-state index in [-0.39, 0.29) is 19.4 Å². The third-order valence-corrected chi connectivity index (χ3v) is 4.87. The number of halogens is 1. The van der Waals surface area contributed by atoms with Gasteiger partial charge in [-0.05, 0) is 57.1 Å². The van der Waals surface area contributed by atoms with Crippen molar-refractivity contribution in [1.29, 1.82) is 0 Å². The summed E-state index contributed by atoms with van der Waals surface area (Å²) in [6.45, 7) is 7.32. The molecule has 0 spiro atoms. The Morgan fingerprint density at radius 3 is 2.42 bits per heavy atom. The summed E-state index contributed by atoms with van der Waals surface area (Å²) in [6.07, 6.45) is 3.41. The van der Waals surface area contributed by atoms with E-state index in [0.29, 0.717) is 11.1 Å². The fraction of sp³-hybridized carbons (Fsp3) is 0.500. The van der Waals surface area contributed by atoms with Crippen LogP contribution in [0.15, 0.2) is 30.5 Å². The highest BCUT2D eigenvalue weighted by molar-refractivity contribution is 6.31. The first-order valence-corrected chi connectivity index (χ1v) is 10.7. The molecule has 1 atom stereocenters. The second kappa shape index (κ2) is 14.6. The first kappa shape index (κ1) is 26.6. The molecule has 1 aromatic heterocycles. The quantitative estimate of drug-likeness (QED) is 0.383. The van der Waals surface area contributed by atoms with Crippen molar-refractivity contribution in [1.82, 2.24) is 9.88 Å². The zero-order valence-electron chi connectivity index (χ0n) is 18.1. The Hall–Kier alpha value is -2.42. The number of pyridine rings is 1. The van der Waals surface area contributed by atoms with E-state index in [0.717, 1.165) is 49.1 Å². The summed E-state index contributed by atoms with van der Waals surface area (Å²) in [5.74, 6) is -2.15. The van der Waals surface area contributed by atoms with Crippen LogP contribution in [-0.4, -0.2) is 69.4 Å². The van der Waals surface area contributed by atoms with Crippen molar-refractivity contribution in [2.45, 2.75) is 45.6 Å². The third kappa shape index (κ3) is 11.0. The number of aromatic nitrogens is 1. The van der Waals surface area contributed by atoms with E-state index < -0.39 is 11.9 Å². The molecule has 2 rings (SSSR count). The molecule has 1 heterocycles.